The summed E-state index contributed by atoms with van der Waals surface area (Å²) in [5.41, 5.74) is 0. The molecular weight excluding hydrogens is 170 g/mol. The fourth-order valence-electron chi connectivity index (χ4n) is 2.37. The standard InChI is InChI=1S/C13H27N/c1-3-4-8-12(2)14-11-13-9-6-5-7-10-13/h12-14H,3-11H2,1-2H3. The van der Waals surface area contributed by atoms with Crippen LogP contribution < -0.4 is 5.32 Å². The molecule has 0 aromatic carbocycles. The molecule has 1 aliphatic carbocycles. The highest BCUT2D eigenvalue weighted by Crippen LogP contribution is 2.22. The lowest BCUT2D eigenvalue weighted by molar-refractivity contribution is 0.326. The van der Waals surface area contributed by atoms with Crippen LogP contribution in [-0.2, 0) is 0 Å². The quantitative estimate of drug-likeness (QED) is 0.684. The van der Waals surface area contributed by atoms with Crippen molar-refractivity contribution < 1.29 is 0 Å². The van der Waals surface area contributed by atoms with E-state index in [9.17, 15) is 0 Å². The van der Waals surface area contributed by atoms with E-state index >= 15 is 0 Å². The van der Waals surface area contributed by atoms with Crippen molar-refractivity contribution in [2.45, 2.75) is 71.3 Å². The molecule has 1 N–H and O–H groups in total. The minimum absolute atomic E-state index is 0.733. The highest BCUT2D eigenvalue weighted by molar-refractivity contribution is 4.70. The van der Waals surface area contributed by atoms with Crippen molar-refractivity contribution in [1.82, 2.24) is 5.32 Å². The molecule has 0 radical (unpaired) electrons. The molecule has 1 aliphatic rings. The van der Waals surface area contributed by atoms with E-state index in [1.165, 1.54) is 57.9 Å². The van der Waals surface area contributed by atoms with E-state index in [1.807, 2.05) is 0 Å². The van der Waals surface area contributed by atoms with Gasteiger partial charge in [0.05, 0.1) is 0 Å². The van der Waals surface area contributed by atoms with E-state index in [0.29, 0.717) is 0 Å². The van der Waals surface area contributed by atoms with E-state index in [2.05, 4.69) is 19.2 Å². The van der Waals surface area contributed by atoms with Gasteiger partial charge in [0.15, 0.2) is 0 Å². The summed E-state index contributed by atoms with van der Waals surface area (Å²) < 4.78 is 0. The zero-order chi connectivity index (χ0) is 10.2. The molecule has 0 heterocycles. The van der Waals surface area contributed by atoms with E-state index < -0.39 is 0 Å². The van der Waals surface area contributed by atoms with Crippen molar-refractivity contribution in [1.29, 1.82) is 0 Å². The van der Waals surface area contributed by atoms with Gasteiger partial charge in [-0.15, -0.1) is 0 Å². The van der Waals surface area contributed by atoms with Crippen molar-refractivity contribution in [3.63, 3.8) is 0 Å². The van der Waals surface area contributed by atoms with Gasteiger partial charge in [0.1, 0.15) is 0 Å². The number of hydrogen-bond donors (Lipinski definition) is 1. The average molecular weight is 197 g/mol. The fraction of sp³-hybridized carbons (Fsp3) is 1.00. The van der Waals surface area contributed by atoms with E-state index in [-0.39, 0.29) is 0 Å². The van der Waals surface area contributed by atoms with Gasteiger partial charge >= 0.3 is 0 Å². The first-order chi connectivity index (χ1) is 6.83. The minimum atomic E-state index is 0.733. The Balaban J connectivity index is 2.00. The molecule has 1 rings (SSSR count). The van der Waals surface area contributed by atoms with Crippen LogP contribution in [-0.4, -0.2) is 12.6 Å². The second kappa shape index (κ2) is 7.28. The number of unbranched alkanes of at least 4 members (excludes halogenated alkanes) is 1. The van der Waals surface area contributed by atoms with Crippen LogP contribution in [0.1, 0.15) is 65.2 Å². The SMILES string of the molecule is CCCCC(C)NCC1CCCCC1. The molecular formula is C13H27N. The monoisotopic (exact) mass is 197 g/mol. The second-order valence-electron chi connectivity index (χ2n) is 4.96. The molecule has 0 amide bonds. The molecule has 0 aromatic rings. The van der Waals surface area contributed by atoms with Crippen LogP contribution >= 0.6 is 0 Å². The third-order valence-electron chi connectivity index (χ3n) is 3.47. The topological polar surface area (TPSA) is 12.0 Å². The first-order valence-corrected chi connectivity index (χ1v) is 6.56. The van der Waals surface area contributed by atoms with Crippen LogP contribution in [0.4, 0.5) is 0 Å². The van der Waals surface area contributed by atoms with E-state index in [4.69, 9.17) is 0 Å². The summed E-state index contributed by atoms with van der Waals surface area (Å²) in [6.45, 7) is 5.87. The van der Waals surface area contributed by atoms with Crippen molar-refractivity contribution in [3.8, 4) is 0 Å². The van der Waals surface area contributed by atoms with E-state index in [0.717, 1.165) is 12.0 Å². The molecule has 1 atom stereocenters. The summed E-state index contributed by atoms with van der Waals surface area (Å²) in [6.07, 6.45) is 11.4. The first kappa shape index (κ1) is 12.0. The van der Waals surface area contributed by atoms with Gasteiger partial charge in [-0.25, -0.2) is 0 Å². The zero-order valence-electron chi connectivity index (χ0n) is 10.0. The molecule has 0 aliphatic heterocycles. The summed E-state index contributed by atoms with van der Waals surface area (Å²) in [5.74, 6) is 0.979. The Hall–Kier alpha value is -0.0400. The van der Waals surface area contributed by atoms with Crippen molar-refractivity contribution >= 4 is 0 Å². The maximum absolute atomic E-state index is 3.69. The summed E-state index contributed by atoms with van der Waals surface area (Å²) in [6, 6.07) is 0.733. The van der Waals surface area contributed by atoms with Crippen LogP contribution in [0.25, 0.3) is 0 Å². The lowest BCUT2D eigenvalue weighted by atomic mass is 9.89. The minimum Gasteiger partial charge on any atom is -0.314 e. The van der Waals surface area contributed by atoms with Gasteiger partial charge in [-0.05, 0) is 38.6 Å². The zero-order valence-corrected chi connectivity index (χ0v) is 10.0. The van der Waals surface area contributed by atoms with E-state index in [1.54, 1.807) is 0 Å². The van der Waals surface area contributed by atoms with Crippen molar-refractivity contribution in [3.05, 3.63) is 0 Å². The molecule has 0 aromatic heterocycles. The van der Waals surface area contributed by atoms with Gasteiger partial charge in [-0.1, -0.05) is 39.0 Å². The highest BCUT2D eigenvalue weighted by atomic mass is 14.9. The number of rotatable bonds is 6. The maximum Gasteiger partial charge on any atom is 0.00388 e. The van der Waals surface area contributed by atoms with Crippen molar-refractivity contribution in [2.24, 2.45) is 5.92 Å². The van der Waals surface area contributed by atoms with Crippen molar-refractivity contribution in [2.75, 3.05) is 6.54 Å². The molecule has 1 fully saturated rings. The van der Waals surface area contributed by atoms with Crippen LogP contribution in [0, 0.1) is 5.92 Å². The van der Waals surface area contributed by atoms with Crippen LogP contribution in [0.15, 0.2) is 0 Å². The Kier molecular flexibility index (Phi) is 6.25. The molecule has 1 nitrogen and oxygen atoms in total. The molecule has 84 valence electrons. The largest absolute Gasteiger partial charge is 0.314 e. The predicted molar refractivity (Wildman–Crippen MR) is 63.6 cm³/mol. The van der Waals surface area contributed by atoms with Gasteiger partial charge in [0, 0.05) is 6.04 Å². The van der Waals surface area contributed by atoms with Gasteiger partial charge in [0.25, 0.3) is 0 Å². The lowest BCUT2D eigenvalue weighted by Gasteiger charge is -2.24. The molecule has 14 heavy (non-hydrogen) atoms. The summed E-state index contributed by atoms with van der Waals surface area (Å²) >= 11 is 0. The maximum atomic E-state index is 3.69. The normalized spacial score (nSPS) is 21.0. The third-order valence-corrected chi connectivity index (χ3v) is 3.47. The van der Waals surface area contributed by atoms with Crippen LogP contribution in [0.2, 0.25) is 0 Å². The summed E-state index contributed by atoms with van der Waals surface area (Å²) in [7, 11) is 0. The highest BCUT2D eigenvalue weighted by Gasteiger charge is 2.13. The Labute approximate surface area is 89.7 Å². The molecule has 1 unspecified atom stereocenters. The van der Waals surface area contributed by atoms with Gasteiger partial charge < -0.3 is 5.32 Å². The molecule has 1 saturated carbocycles. The Morgan fingerprint density at radius 3 is 2.57 bits per heavy atom. The number of hydrogen-bond acceptors (Lipinski definition) is 1. The molecule has 0 spiro atoms. The Bertz CT molecular complexity index is 127. The Morgan fingerprint density at radius 1 is 1.21 bits per heavy atom. The van der Waals surface area contributed by atoms with Gasteiger partial charge in [0.2, 0.25) is 0 Å². The smallest absolute Gasteiger partial charge is 0.00388 e. The predicted octanol–water partition coefficient (Wildman–Crippen LogP) is 3.74. The number of nitrogens with one attached hydrogen (secondary N) is 1. The fourth-order valence-corrected chi connectivity index (χ4v) is 2.37. The average Bonchev–Trinajstić information content (AvgIpc) is 2.25. The summed E-state index contributed by atoms with van der Waals surface area (Å²) in [5, 5.41) is 3.69. The molecule has 0 saturated heterocycles. The second-order valence-corrected chi connectivity index (χ2v) is 4.96. The lowest BCUT2D eigenvalue weighted by Crippen LogP contribution is -2.31. The van der Waals surface area contributed by atoms with Gasteiger partial charge in [-0.2, -0.15) is 0 Å². The first-order valence-electron chi connectivity index (χ1n) is 6.56. The van der Waals surface area contributed by atoms with Crippen LogP contribution in [0.3, 0.4) is 0 Å². The molecule has 1 heteroatoms. The van der Waals surface area contributed by atoms with Crippen LogP contribution in [0.5, 0.6) is 0 Å². The Morgan fingerprint density at radius 2 is 1.93 bits per heavy atom. The summed E-state index contributed by atoms with van der Waals surface area (Å²) in [4.78, 5) is 0. The van der Waals surface area contributed by atoms with Gasteiger partial charge in [-0.3, -0.25) is 0 Å². The molecule has 0 bridgehead atoms. The third kappa shape index (κ3) is 4.99.